The van der Waals surface area contributed by atoms with E-state index in [9.17, 15) is 27.6 Å². The first-order valence-electron chi connectivity index (χ1n) is 10.8. The summed E-state index contributed by atoms with van der Waals surface area (Å²) < 4.78 is 41.7. The van der Waals surface area contributed by atoms with Gasteiger partial charge in [-0.05, 0) is 56.5 Å². The fraction of sp³-hybridized carbons (Fsp3) is 0.375. The number of nitrogens with one attached hydrogen (secondary N) is 1. The molecular weight excluding hydrogens is 435 g/mol. The Bertz CT molecular complexity index is 1260. The van der Waals surface area contributed by atoms with E-state index in [1.165, 1.54) is 16.7 Å². The van der Waals surface area contributed by atoms with E-state index in [0.29, 0.717) is 29.3 Å². The molecule has 0 spiro atoms. The maximum absolute atomic E-state index is 13.2. The molecule has 176 valence electrons. The summed E-state index contributed by atoms with van der Waals surface area (Å²) in [5, 5.41) is 3.09. The molecule has 0 aliphatic carbocycles. The molecule has 3 aromatic rings. The third-order valence-corrected chi connectivity index (χ3v) is 5.21. The van der Waals surface area contributed by atoms with Gasteiger partial charge >= 0.3 is 11.9 Å². The van der Waals surface area contributed by atoms with Crippen LogP contribution in [0.4, 0.5) is 13.2 Å². The standard InChI is InChI=1S/C24H26F3N3O3/c1-16(2)28-21(31)12-5-6-13-29-22(32)19-10-3-4-11-20(19)30(23(29)33)15-17-8-7-9-18(14-17)24(25,26)27/h3-4,7-11,14,16H,5-6,12-13,15H2,1-2H3,(H,28,31). The van der Waals surface area contributed by atoms with E-state index >= 15 is 0 Å². The smallest absolute Gasteiger partial charge is 0.354 e. The summed E-state index contributed by atoms with van der Waals surface area (Å²) in [6.07, 6.45) is -3.30. The number of benzene rings is 2. The second kappa shape index (κ2) is 10.1. The minimum absolute atomic E-state index is 0.0312. The molecular formula is C24H26F3N3O3. The number of hydrogen-bond donors (Lipinski definition) is 1. The van der Waals surface area contributed by atoms with Crippen molar-refractivity contribution in [1.29, 1.82) is 0 Å². The number of amides is 1. The maximum Gasteiger partial charge on any atom is 0.416 e. The number of halogens is 3. The molecule has 1 N–H and O–H groups in total. The van der Waals surface area contributed by atoms with Gasteiger partial charge in [-0.1, -0.05) is 24.3 Å². The van der Waals surface area contributed by atoms with Crippen molar-refractivity contribution in [2.45, 2.75) is 58.4 Å². The average molecular weight is 461 g/mol. The van der Waals surface area contributed by atoms with Gasteiger partial charge in [0.1, 0.15) is 0 Å². The maximum atomic E-state index is 13.2. The van der Waals surface area contributed by atoms with E-state index in [1.54, 1.807) is 24.3 Å². The summed E-state index contributed by atoms with van der Waals surface area (Å²) in [7, 11) is 0. The lowest BCUT2D eigenvalue weighted by molar-refractivity contribution is -0.137. The van der Waals surface area contributed by atoms with Gasteiger partial charge in [0, 0.05) is 19.0 Å². The van der Waals surface area contributed by atoms with Crippen LogP contribution in [-0.4, -0.2) is 21.1 Å². The van der Waals surface area contributed by atoms with Gasteiger partial charge < -0.3 is 5.32 Å². The fourth-order valence-corrected chi connectivity index (χ4v) is 3.70. The van der Waals surface area contributed by atoms with Crippen molar-refractivity contribution in [3.8, 4) is 0 Å². The SMILES string of the molecule is CC(C)NC(=O)CCCCn1c(=O)c2ccccc2n(Cc2cccc(C(F)(F)F)c2)c1=O. The number of alkyl halides is 3. The van der Waals surface area contributed by atoms with Crippen molar-refractivity contribution in [3.63, 3.8) is 0 Å². The Morgan fingerprint density at radius 2 is 1.73 bits per heavy atom. The number of aromatic nitrogens is 2. The number of para-hydroxylation sites is 1. The second-order valence-corrected chi connectivity index (χ2v) is 8.22. The Morgan fingerprint density at radius 1 is 1.00 bits per heavy atom. The van der Waals surface area contributed by atoms with Crippen molar-refractivity contribution < 1.29 is 18.0 Å². The molecule has 9 heteroatoms. The molecule has 1 amide bonds. The van der Waals surface area contributed by atoms with Crippen LogP contribution < -0.4 is 16.6 Å². The molecule has 0 unspecified atom stereocenters. The first kappa shape index (κ1) is 24.3. The van der Waals surface area contributed by atoms with Gasteiger partial charge in [0.15, 0.2) is 0 Å². The van der Waals surface area contributed by atoms with Crippen molar-refractivity contribution in [1.82, 2.24) is 14.5 Å². The topological polar surface area (TPSA) is 73.1 Å². The number of rotatable bonds is 8. The highest BCUT2D eigenvalue weighted by Gasteiger charge is 2.30. The van der Waals surface area contributed by atoms with Crippen molar-refractivity contribution >= 4 is 16.8 Å². The number of unbranched alkanes of at least 4 members (excludes halogenated alkanes) is 1. The normalized spacial score (nSPS) is 11.8. The van der Waals surface area contributed by atoms with Gasteiger partial charge in [-0.15, -0.1) is 0 Å². The largest absolute Gasteiger partial charge is 0.416 e. The number of hydrogen-bond acceptors (Lipinski definition) is 3. The monoisotopic (exact) mass is 461 g/mol. The highest BCUT2D eigenvalue weighted by Crippen LogP contribution is 2.29. The summed E-state index contributed by atoms with van der Waals surface area (Å²) in [5.74, 6) is -0.0992. The van der Waals surface area contributed by atoms with E-state index in [-0.39, 0.29) is 31.5 Å². The minimum atomic E-state index is -4.50. The van der Waals surface area contributed by atoms with Crippen LogP contribution in [0.1, 0.15) is 44.2 Å². The molecule has 1 aromatic heterocycles. The Kier molecular flexibility index (Phi) is 7.40. The van der Waals surface area contributed by atoms with Crippen molar-refractivity contribution in [2.24, 2.45) is 0 Å². The molecule has 3 rings (SSSR count). The first-order chi connectivity index (χ1) is 15.6. The molecule has 6 nitrogen and oxygen atoms in total. The van der Waals surface area contributed by atoms with Crippen LogP contribution in [0.3, 0.4) is 0 Å². The van der Waals surface area contributed by atoms with Gasteiger partial charge in [-0.3, -0.25) is 18.7 Å². The van der Waals surface area contributed by atoms with Gasteiger partial charge in [0.05, 0.1) is 23.0 Å². The molecule has 1 heterocycles. The predicted molar refractivity (Wildman–Crippen MR) is 120 cm³/mol. The summed E-state index contributed by atoms with van der Waals surface area (Å²) in [4.78, 5) is 37.9. The van der Waals surface area contributed by atoms with Crippen LogP contribution in [-0.2, 0) is 24.1 Å². The molecule has 0 bridgehead atoms. The number of carbonyl (C=O) groups is 1. The zero-order valence-electron chi connectivity index (χ0n) is 18.5. The lowest BCUT2D eigenvalue weighted by Gasteiger charge is -2.15. The number of carbonyl (C=O) groups excluding carboxylic acids is 1. The zero-order valence-corrected chi connectivity index (χ0v) is 18.5. The lowest BCUT2D eigenvalue weighted by Crippen LogP contribution is -2.40. The van der Waals surface area contributed by atoms with Gasteiger partial charge in [-0.25, -0.2) is 4.79 Å². The lowest BCUT2D eigenvalue weighted by atomic mass is 10.1. The highest BCUT2D eigenvalue weighted by molar-refractivity contribution is 5.78. The van der Waals surface area contributed by atoms with Gasteiger partial charge in [0.25, 0.3) is 5.56 Å². The first-order valence-corrected chi connectivity index (χ1v) is 10.8. The Hall–Kier alpha value is -3.36. The van der Waals surface area contributed by atoms with Crippen LogP contribution >= 0.6 is 0 Å². The zero-order chi connectivity index (χ0) is 24.2. The molecule has 0 atom stereocenters. The van der Waals surface area contributed by atoms with Crippen LogP contribution in [0.5, 0.6) is 0 Å². The summed E-state index contributed by atoms with van der Waals surface area (Å²) in [6, 6.07) is 11.3. The quantitative estimate of drug-likeness (QED) is 0.517. The van der Waals surface area contributed by atoms with E-state index in [2.05, 4.69) is 5.32 Å². The molecule has 33 heavy (non-hydrogen) atoms. The third-order valence-electron chi connectivity index (χ3n) is 5.21. The van der Waals surface area contributed by atoms with Gasteiger partial charge in [-0.2, -0.15) is 13.2 Å². The molecule has 2 aromatic carbocycles. The van der Waals surface area contributed by atoms with E-state index < -0.39 is 23.0 Å². The Balaban J connectivity index is 1.92. The molecule has 0 radical (unpaired) electrons. The average Bonchev–Trinajstić information content (AvgIpc) is 2.75. The Morgan fingerprint density at radius 3 is 2.42 bits per heavy atom. The van der Waals surface area contributed by atoms with E-state index in [1.807, 2.05) is 13.8 Å². The van der Waals surface area contributed by atoms with Crippen LogP contribution in [0.25, 0.3) is 10.9 Å². The van der Waals surface area contributed by atoms with Crippen LogP contribution in [0, 0.1) is 0 Å². The van der Waals surface area contributed by atoms with Crippen LogP contribution in [0.2, 0.25) is 0 Å². The van der Waals surface area contributed by atoms with Crippen molar-refractivity contribution in [2.75, 3.05) is 0 Å². The fourth-order valence-electron chi connectivity index (χ4n) is 3.70. The second-order valence-electron chi connectivity index (χ2n) is 8.22. The molecule has 0 aliphatic rings. The molecule has 0 saturated heterocycles. The number of fused-ring (bicyclic) bond motifs is 1. The highest BCUT2D eigenvalue weighted by atomic mass is 19.4. The minimum Gasteiger partial charge on any atom is -0.354 e. The van der Waals surface area contributed by atoms with Crippen molar-refractivity contribution in [3.05, 3.63) is 80.5 Å². The predicted octanol–water partition coefficient (Wildman–Crippen LogP) is 3.93. The third kappa shape index (κ3) is 5.91. The van der Waals surface area contributed by atoms with E-state index in [4.69, 9.17) is 0 Å². The summed E-state index contributed by atoms with van der Waals surface area (Å²) in [6.45, 7) is 3.72. The molecule has 0 aliphatic heterocycles. The number of nitrogens with zero attached hydrogens (tertiary/aromatic N) is 2. The summed E-state index contributed by atoms with van der Waals surface area (Å²) >= 11 is 0. The van der Waals surface area contributed by atoms with E-state index in [0.717, 1.165) is 16.7 Å². The summed E-state index contributed by atoms with van der Waals surface area (Å²) in [5.41, 5.74) is -1.19. The van der Waals surface area contributed by atoms with Gasteiger partial charge in [0.2, 0.25) is 5.91 Å². The molecule has 0 saturated carbocycles. The van der Waals surface area contributed by atoms with Crippen LogP contribution in [0.15, 0.2) is 58.1 Å². The Labute approximate surface area is 188 Å². The molecule has 0 fully saturated rings.